The number of likely N-dealkylation sites (tertiary alicyclic amines) is 1. The minimum atomic E-state index is -1.08. The van der Waals surface area contributed by atoms with Crippen molar-refractivity contribution in [1.29, 1.82) is 0 Å². The van der Waals surface area contributed by atoms with Gasteiger partial charge in [-0.05, 0) is 34.0 Å². The molecule has 30 heavy (non-hydrogen) atoms. The number of likely N-dealkylation sites (N-methyl/N-ethyl adjacent to an activating group) is 2. The molecule has 0 radical (unpaired) electrons. The number of hydrogen-bond acceptors (Lipinski definition) is 9. The van der Waals surface area contributed by atoms with E-state index in [2.05, 4.69) is 5.18 Å². The Bertz CT molecular complexity index is 1050. The fraction of sp³-hybridized carbons (Fsp3) is 0.500. The standard InChI is InChI=1S/C20H25N3O7/c1-10-6-14(24)17-19(28)12(7-23(3)9-15(25)26)18(27)16(20(17)30-10)11-4-5-22(2)8-13(11)21-29/h6,11,13,27-28H,4-5,7-9H2,1-3H3,(H,25,26). The molecule has 1 aromatic heterocycles. The zero-order chi connectivity index (χ0) is 22.2. The molecule has 0 aliphatic carbocycles. The second-order valence-corrected chi connectivity index (χ2v) is 7.91. The Labute approximate surface area is 172 Å². The van der Waals surface area contributed by atoms with Crippen molar-refractivity contribution in [2.45, 2.75) is 31.8 Å². The molecule has 0 bridgehead atoms. The van der Waals surface area contributed by atoms with Gasteiger partial charge in [-0.2, -0.15) is 4.91 Å². The number of hydrogen-bond donors (Lipinski definition) is 3. The Morgan fingerprint density at radius 2 is 2.07 bits per heavy atom. The summed E-state index contributed by atoms with van der Waals surface area (Å²) in [6.45, 7) is 2.15. The van der Waals surface area contributed by atoms with Crippen molar-refractivity contribution in [1.82, 2.24) is 9.80 Å². The molecule has 0 saturated carbocycles. The highest BCUT2D eigenvalue weighted by atomic mass is 16.4. The van der Waals surface area contributed by atoms with Crippen molar-refractivity contribution >= 4 is 16.9 Å². The number of fused-ring (bicyclic) bond motifs is 1. The maximum atomic E-state index is 12.7. The maximum Gasteiger partial charge on any atom is 0.317 e. The minimum absolute atomic E-state index is 0.0148. The van der Waals surface area contributed by atoms with Gasteiger partial charge >= 0.3 is 5.97 Å². The summed E-state index contributed by atoms with van der Waals surface area (Å²) in [5, 5.41) is 34.0. The molecule has 2 heterocycles. The Kier molecular flexibility index (Phi) is 6.09. The lowest BCUT2D eigenvalue weighted by atomic mass is 9.83. The average molecular weight is 419 g/mol. The Balaban J connectivity index is 2.27. The van der Waals surface area contributed by atoms with Crippen molar-refractivity contribution in [3.63, 3.8) is 0 Å². The number of aromatic hydroxyl groups is 2. The first kappa shape index (κ1) is 21.7. The van der Waals surface area contributed by atoms with Gasteiger partial charge in [-0.25, -0.2) is 0 Å². The van der Waals surface area contributed by atoms with Crippen LogP contribution in [0.15, 0.2) is 20.5 Å². The van der Waals surface area contributed by atoms with Crippen LogP contribution in [0.2, 0.25) is 0 Å². The third kappa shape index (κ3) is 4.01. The number of carbonyl (C=O) groups is 1. The topological polar surface area (TPSA) is 144 Å². The van der Waals surface area contributed by atoms with Gasteiger partial charge in [0, 0.05) is 30.6 Å². The Morgan fingerprint density at radius 1 is 1.37 bits per heavy atom. The lowest BCUT2D eigenvalue weighted by Crippen LogP contribution is -2.39. The smallest absolute Gasteiger partial charge is 0.317 e. The molecule has 10 heteroatoms. The third-order valence-corrected chi connectivity index (χ3v) is 5.50. The van der Waals surface area contributed by atoms with Gasteiger partial charge in [-0.3, -0.25) is 14.5 Å². The normalized spacial score (nSPS) is 20.0. The van der Waals surface area contributed by atoms with E-state index in [9.17, 15) is 24.7 Å². The second-order valence-electron chi connectivity index (χ2n) is 7.91. The fourth-order valence-electron chi connectivity index (χ4n) is 4.14. The van der Waals surface area contributed by atoms with Crippen LogP contribution in [0.1, 0.15) is 29.2 Å². The average Bonchev–Trinajstić information content (AvgIpc) is 2.65. The van der Waals surface area contributed by atoms with Crippen LogP contribution in [0.5, 0.6) is 11.5 Å². The van der Waals surface area contributed by atoms with E-state index in [0.717, 1.165) is 0 Å². The van der Waals surface area contributed by atoms with Crippen LogP contribution in [-0.4, -0.2) is 70.9 Å². The monoisotopic (exact) mass is 419 g/mol. The van der Waals surface area contributed by atoms with E-state index in [-0.39, 0.29) is 40.9 Å². The van der Waals surface area contributed by atoms with E-state index in [0.29, 0.717) is 25.3 Å². The first-order chi connectivity index (χ1) is 14.1. The summed E-state index contributed by atoms with van der Waals surface area (Å²) in [5.74, 6) is -2.06. The molecule has 1 saturated heterocycles. The molecule has 0 amide bonds. The molecule has 2 atom stereocenters. The molecule has 162 valence electrons. The number of nitroso groups, excluding NO2 is 1. The molecule has 1 fully saturated rings. The van der Waals surface area contributed by atoms with Gasteiger partial charge < -0.3 is 24.6 Å². The number of phenols is 2. The first-order valence-electron chi connectivity index (χ1n) is 9.56. The molecule has 1 aliphatic heterocycles. The summed E-state index contributed by atoms with van der Waals surface area (Å²) in [5.41, 5.74) is -0.193. The lowest BCUT2D eigenvalue weighted by Gasteiger charge is -2.34. The van der Waals surface area contributed by atoms with Crippen LogP contribution >= 0.6 is 0 Å². The van der Waals surface area contributed by atoms with Gasteiger partial charge in [-0.1, -0.05) is 5.18 Å². The van der Waals surface area contributed by atoms with E-state index >= 15 is 0 Å². The number of benzene rings is 1. The zero-order valence-corrected chi connectivity index (χ0v) is 17.1. The van der Waals surface area contributed by atoms with Crippen molar-refractivity contribution < 1.29 is 24.5 Å². The number of nitrogens with zero attached hydrogens (tertiary/aromatic N) is 3. The molecule has 0 spiro atoms. The summed E-state index contributed by atoms with van der Waals surface area (Å²) in [6, 6.07) is 0.551. The number of carboxylic acids is 1. The minimum Gasteiger partial charge on any atom is -0.507 e. The van der Waals surface area contributed by atoms with E-state index in [4.69, 9.17) is 9.52 Å². The first-order valence-corrected chi connectivity index (χ1v) is 9.56. The van der Waals surface area contributed by atoms with E-state index in [1.165, 1.54) is 18.0 Å². The number of aryl methyl sites for hydroxylation is 1. The second kappa shape index (κ2) is 8.41. The summed E-state index contributed by atoms with van der Waals surface area (Å²) in [6.07, 6.45) is 0.488. The SMILES string of the molecule is Cc1cc(=O)c2c(O)c(CN(C)CC(=O)O)c(O)c(C3CCN(C)CC3N=O)c2o1. The van der Waals surface area contributed by atoms with E-state index in [1.807, 2.05) is 11.9 Å². The van der Waals surface area contributed by atoms with Gasteiger partial charge in [0.1, 0.15) is 34.3 Å². The van der Waals surface area contributed by atoms with Gasteiger partial charge in [-0.15, -0.1) is 0 Å². The molecular weight excluding hydrogens is 394 g/mol. The molecule has 10 nitrogen and oxygen atoms in total. The molecule has 1 aliphatic rings. The summed E-state index contributed by atoms with van der Waals surface area (Å²) in [7, 11) is 3.37. The van der Waals surface area contributed by atoms with Gasteiger partial charge in [0.2, 0.25) is 0 Å². The van der Waals surface area contributed by atoms with E-state index < -0.39 is 29.1 Å². The zero-order valence-electron chi connectivity index (χ0n) is 17.1. The van der Waals surface area contributed by atoms with E-state index in [1.54, 1.807) is 6.92 Å². The summed E-state index contributed by atoms with van der Waals surface area (Å²) < 4.78 is 5.75. The predicted molar refractivity (Wildman–Crippen MR) is 109 cm³/mol. The maximum absolute atomic E-state index is 12.7. The van der Waals surface area contributed by atoms with Crippen LogP contribution in [-0.2, 0) is 11.3 Å². The molecule has 3 rings (SSSR count). The molecule has 3 N–H and O–H groups in total. The van der Waals surface area contributed by atoms with Crippen molar-refractivity contribution in [2.75, 3.05) is 33.7 Å². The highest BCUT2D eigenvalue weighted by molar-refractivity contribution is 5.90. The molecular formula is C20H25N3O7. The molecule has 2 unspecified atom stereocenters. The highest BCUT2D eigenvalue weighted by Gasteiger charge is 2.36. The largest absolute Gasteiger partial charge is 0.507 e. The third-order valence-electron chi connectivity index (χ3n) is 5.50. The van der Waals surface area contributed by atoms with Crippen LogP contribution in [0.25, 0.3) is 11.0 Å². The predicted octanol–water partition coefficient (Wildman–Crippen LogP) is 1.58. The van der Waals surface area contributed by atoms with Crippen LogP contribution in [0, 0.1) is 11.8 Å². The number of aliphatic carboxylic acids is 1. The van der Waals surface area contributed by atoms with Crippen molar-refractivity contribution in [2.24, 2.45) is 5.18 Å². The van der Waals surface area contributed by atoms with Crippen LogP contribution < -0.4 is 5.43 Å². The number of piperidine rings is 1. The van der Waals surface area contributed by atoms with Crippen molar-refractivity contribution in [3.8, 4) is 11.5 Å². The number of rotatable bonds is 6. The highest BCUT2D eigenvalue weighted by Crippen LogP contribution is 2.45. The van der Waals surface area contributed by atoms with Gasteiger partial charge in [0.15, 0.2) is 5.43 Å². The number of phenolic OH excluding ortho intramolecular Hbond substituents is 2. The van der Waals surface area contributed by atoms with Gasteiger partial charge in [0.25, 0.3) is 0 Å². The number of carboxylic acid groups (broad SMARTS) is 1. The Morgan fingerprint density at radius 3 is 2.70 bits per heavy atom. The summed E-state index contributed by atoms with van der Waals surface area (Å²) >= 11 is 0. The lowest BCUT2D eigenvalue weighted by molar-refractivity contribution is -0.138. The Hall–Kier alpha value is -2.98. The van der Waals surface area contributed by atoms with Crippen LogP contribution in [0.4, 0.5) is 0 Å². The fourth-order valence-corrected chi connectivity index (χ4v) is 4.14. The quantitative estimate of drug-likeness (QED) is 0.594. The molecule has 2 aromatic rings. The van der Waals surface area contributed by atoms with Crippen molar-refractivity contribution in [3.05, 3.63) is 38.1 Å². The van der Waals surface area contributed by atoms with Crippen LogP contribution in [0.3, 0.4) is 0 Å². The van der Waals surface area contributed by atoms with Gasteiger partial charge in [0.05, 0.1) is 12.1 Å². The summed E-state index contributed by atoms with van der Waals surface area (Å²) in [4.78, 5) is 38.6. The molecule has 1 aromatic carbocycles.